The highest BCUT2D eigenvalue weighted by molar-refractivity contribution is 7.94. The van der Waals surface area contributed by atoms with Crippen molar-refractivity contribution in [1.29, 1.82) is 0 Å². The Morgan fingerprint density at radius 2 is 1.80 bits per heavy atom. The molecule has 0 amide bonds. The van der Waals surface area contributed by atoms with Crippen LogP contribution in [0.5, 0.6) is 0 Å². The monoisotopic (exact) mass is 466 g/mol. The lowest BCUT2D eigenvalue weighted by Crippen LogP contribution is -2.19. The fraction of sp³-hybridized carbons (Fsp3) is 0.550. The lowest BCUT2D eigenvalue weighted by Gasteiger charge is -2.20. The third kappa shape index (κ3) is 8.37. The Labute approximate surface area is 186 Å². The first kappa shape index (κ1) is 26.6. The van der Waals surface area contributed by atoms with Gasteiger partial charge < -0.3 is 10.2 Å². The molecule has 0 atom stereocenters. The Morgan fingerprint density at radius 3 is 2.37 bits per heavy atom. The van der Waals surface area contributed by atoms with E-state index >= 15 is 0 Å². The van der Waals surface area contributed by atoms with Crippen molar-refractivity contribution < 1.29 is 17.5 Å². The lowest BCUT2D eigenvalue weighted by atomic mass is 10.2. The molecule has 30 heavy (non-hydrogen) atoms. The molecule has 0 spiro atoms. The van der Waals surface area contributed by atoms with Crippen LogP contribution in [0.1, 0.15) is 46.0 Å². The minimum Gasteiger partial charge on any atom is -0.370 e. The Morgan fingerprint density at radius 1 is 1.20 bits per heavy atom. The normalized spacial score (nSPS) is 15.4. The number of nitrogens with one attached hydrogen (secondary N) is 2. The van der Waals surface area contributed by atoms with Gasteiger partial charge in [0.1, 0.15) is 21.6 Å². The van der Waals surface area contributed by atoms with Crippen LogP contribution in [0.4, 0.5) is 18.9 Å². The highest BCUT2D eigenvalue weighted by atomic mass is 35.5. The molecule has 3 rings (SSSR count). The fourth-order valence-corrected chi connectivity index (χ4v) is 3.41. The van der Waals surface area contributed by atoms with E-state index in [0.29, 0.717) is 24.2 Å². The van der Waals surface area contributed by atoms with Crippen molar-refractivity contribution in [2.75, 3.05) is 32.1 Å². The lowest BCUT2D eigenvalue weighted by molar-refractivity contribution is 0.272. The second-order valence-electron chi connectivity index (χ2n) is 6.62. The molecule has 0 bridgehead atoms. The van der Waals surface area contributed by atoms with Crippen LogP contribution >= 0.6 is 23.6 Å². The number of nitrogens with zero attached hydrogens (tertiary/aromatic N) is 2. The Bertz CT molecular complexity index is 726. The molecule has 0 unspecified atom stereocenters. The van der Waals surface area contributed by atoms with Crippen molar-refractivity contribution >= 4 is 35.3 Å². The van der Waals surface area contributed by atoms with E-state index < -0.39 is 17.6 Å². The molecule has 2 N–H and O–H groups in total. The molecule has 170 valence electrons. The first-order chi connectivity index (χ1) is 14.4. The predicted molar refractivity (Wildman–Crippen MR) is 120 cm³/mol. The van der Waals surface area contributed by atoms with Crippen LogP contribution in [0.3, 0.4) is 0 Å². The molecule has 2 aliphatic heterocycles. The number of hydrogen-bond acceptors (Lipinski definition) is 6. The molecule has 1 fully saturated rings. The maximum atomic E-state index is 14.4. The Hall–Kier alpha value is -1.42. The van der Waals surface area contributed by atoms with Gasteiger partial charge in [-0.2, -0.15) is 8.67 Å². The van der Waals surface area contributed by atoms with Gasteiger partial charge in [-0.25, -0.2) is 19.3 Å². The van der Waals surface area contributed by atoms with Crippen molar-refractivity contribution in [3.63, 3.8) is 0 Å². The summed E-state index contributed by atoms with van der Waals surface area (Å²) in [6.07, 6.45) is 5.52. The number of benzene rings is 1. The van der Waals surface area contributed by atoms with E-state index in [2.05, 4.69) is 29.6 Å². The molecule has 1 saturated heterocycles. The van der Waals surface area contributed by atoms with E-state index in [-0.39, 0.29) is 22.2 Å². The summed E-state index contributed by atoms with van der Waals surface area (Å²) >= 11 is 6.48. The zero-order valence-electron chi connectivity index (χ0n) is 17.8. The van der Waals surface area contributed by atoms with Crippen LogP contribution in [0, 0.1) is 11.6 Å². The molecule has 10 heteroatoms. The summed E-state index contributed by atoms with van der Waals surface area (Å²) in [6, 6.07) is 1.21. The number of aliphatic imine (C=N–C) groups is 1. The van der Waals surface area contributed by atoms with Crippen LogP contribution < -0.4 is 15.7 Å². The van der Waals surface area contributed by atoms with E-state index in [1.807, 2.05) is 19.0 Å². The largest absolute Gasteiger partial charge is 0.370 e. The second-order valence-corrected chi connectivity index (χ2v) is 7.74. The molecule has 0 radical (unpaired) electrons. The number of hydroxylamine groups is 1. The van der Waals surface area contributed by atoms with Crippen LogP contribution in [-0.2, 0) is 4.28 Å². The molecule has 1 aromatic rings. The molecule has 2 heterocycles. The zero-order valence-corrected chi connectivity index (χ0v) is 19.4. The summed E-state index contributed by atoms with van der Waals surface area (Å²) in [4.78, 5) is 5.07. The maximum Gasteiger partial charge on any atom is 0.191 e. The molecular formula is C20H30ClF3N4OS. The average Bonchev–Trinajstić information content (AvgIpc) is 3.23. The third-order valence-corrected chi connectivity index (χ3v) is 4.81. The van der Waals surface area contributed by atoms with Gasteiger partial charge in [0, 0.05) is 25.6 Å². The van der Waals surface area contributed by atoms with Crippen molar-refractivity contribution in [3.8, 4) is 0 Å². The van der Waals surface area contributed by atoms with Crippen molar-refractivity contribution in [3.05, 3.63) is 34.6 Å². The number of allylic oxidation sites excluding steroid dienone is 1. The van der Waals surface area contributed by atoms with E-state index in [0.717, 1.165) is 25.9 Å². The molecule has 0 aliphatic carbocycles. The summed E-state index contributed by atoms with van der Waals surface area (Å²) in [5.41, 5.74) is 2.70. The second kappa shape index (κ2) is 14.6. The van der Waals surface area contributed by atoms with Crippen molar-refractivity contribution in [2.24, 2.45) is 4.99 Å². The van der Waals surface area contributed by atoms with Crippen LogP contribution in [0.15, 0.2) is 27.9 Å². The van der Waals surface area contributed by atoms with Crippen LogP contribution in [0.25, 0.3) is 0 Å². The van der Waals surface area contributed by atoms with Gasteiger partial charge in [-0.05, 0) is 39.4 Å². The minimum absolute atomic E-state index is 0.134. The number of rotatable bonds is 5. The number of halogens is 4. The standard InChI is InChI=1S/C15H15ClF3N3OS.C3H8.C2H7N/c16-13-10(22-6-1-2-7-22)8-9(17)15(14(13)19)24-23-21-12-5-3-4-11(18)20-12;2*1-3-2/h5,8,21H,1-4,6-7H2;3H2,1-2H3;3H,1-2H3. The van der Waals surface area contributed by atoms with Crippen LogP contribution in [0.2, 0.25) is 5.02 Å². The zero-order chi connectivity index (χ0) is 22.5. The summed E-state index contributed by atoms with van der Waals surface area (Å²) < 4.78 is 46.6. The Kier molecular flexibility index (Phi) is 12.9. The topological polar surface area (TPSA) is 48.9 Å². The highest BCUT2D eigenvalue weighted by Gasteiger charge is 2.23. The summed E-state index contributed by atoms with van der Waals surface area (Å²) in [5, 5.41) is 2.62. The molecule has 0 saturated carbocycles. The molecule has 2 aliphatic rings. The van der Waals surface area contributed by atoms with E-state index in [1.54, 1.807) is 6.08 Å². The van der Waals surface area contributed by atoms with Crippen molar-refractivity contribution in [2.45, 2.75) is 50.8 Å². The Balaban J connectivity index is 0.000000672. The van der Waals surface area contributed by atoms with Crippen LogP contribution in [-0.4, -0.2) is 33.2 Å². The van der Waals surface area contributed by atoms with Gasteiger partial charge in [-0.15, -0.1) is 0 Å². The van der Waals surface area contributed by atoms with Gasteiger partial charge in [0.2, 0.25) is 0 Å². The first-order valence-electron chi connectivity index (χ1n) is 9.93. The smallest absolute Gasteiger partial charge is 0.191 e. The quantitative estimate of drug-likeness (QED) is 0.316. The SMILES string of the molecule is CCC.CNC.FC1=NC(NOSc2c(F)cc(N3CCCC3)c(Cl)c2F)=CCC1. The molecule has 5 nitrogen and oxygen atoms in total. The molecule has 0 aromatic heterocycles. The molecule has 1 aromatic carbocycles. The van der Waals surface area contributed by atoms with Gasteiger partial charge in [-0.1, -0.05) is 31.9 Å². The minimum atomic E-state index is -0.877. The predicted octanol–water partition coefficient (Wildman–Crippen LogP) is 6.00. The summed E-state index contributed by atoms with van der Waals surface area (Å²) in [6.45, 7) is 5.70. The summed E-state index contributed by atoms with van der Waals surface area (Å²) in [7, 11) is 3.75. The first-order valence-corrected chi connectivity index (χ1v) is 11.0. The van der Waals surface area contributed by atoms with Crippen molar-refractivity contribution in [1.82, 2.24) is 10.8 Å². The van der Waals surface area contributed by atoms with Gasteiger partial charge >= 0.3 is 0 Å². The number of hydrogen-bond donors (Lipinski definition) is 2. The molecular weight excluding hydrogens is 437 g/mol. The summed E-state index contributed by atoms with van der Waals surface area (Å²) in [5.74, 6) is -2.01. The van der Waals surface area contributed by atoms with E-state index in [4.69, 9.17) is 15.9 Å². The van der Waals surface area contributed by atoms with Gasteiger partial charge in [-0.3, -0.25) is 0 Å². The van der Waals surface area contributed by atoms with E-state index in [1.165, 1.54) is 12.5 Å². The fourth-order valence-electron chi connectivity index (χ4n) is 2.56. The third-order valence-electron chi connectivity index (χ3n) is 3.75. The number of anilines is 1. The maximum absolute atomic E-state index is 14.4. The average molecular weight is 467 g/mol. The van der Waals surface area contributed by atoms with Gasteiger partial charge in [0.15, 0.2) is 11.8 Å². The van der Waals surface area contributed by atoms with E-state index in [9.17, 15) is 13.2 Å². The van der Waals surface area contributed by atoms with Gasteiger partial charge in [0.05, 0.1) is 17.7 Å². The highest BCUT2D eigenvalue weighted by Crippen LogP contribution is 2.38. The van der Waals surface area contributed by atoms with Gasteiger partial charge in [0.25, 0.3) is 0 Å².